The lowest BCUT2D eigenvalue weighted by atomic mass is 9.99. The Hall–Kier alpha value is -2.31. The monoisotopic (exact) mass is 414 g/mol. The quantitative estimate of drug-likeness (QED) is 0.581. The second-order valence-corrected chi connectivity index (χ2v) is 8.27. The summed E-state index contributed by atoms with van der Waals surface area (Å²) in [5.74, 6) is 0.752. The largest absolute Gasteiger partial charge is 0.495 e. The predicted octanol–water partition coefficient (Wildman–Crippen LogP) is 4.65. The van der Waals surface area contributed by atoms with Gasteiger partial charge in [0.2, 0.25) is 0 Å². The molecular weight excluding hydrogens is 396 g/mol. The molecule has 1 saturated carbocycles. The van der Waals surface area contributed by atoms with Gasteiger partial charge < -0.3 is 4.74 Å². The molecule has 1 heterocycles. The highest BCUT2D eigenvalue weighted by molar-refractivity contribution is 8.00. The Balaban J connectivity index is 1.89. The number of hydrogen-bond donors (Lipinski definition) is 0. The lowest BCUT2D eigenvalue weighted by Gasteiger charge is -2.21. The van der Waals surface area contributed by atoms with Gasteiger partial charge in [-0.25, -0.2) is 4.98 Å². The van der Waals surface area contributed by atoms with Gasteiger partial charge in [-0.3, -0.25) is 14.2 Å². The number of ketones is 1. The molecule has 0 saturated heterocycles. The van der Waals surface area contributed by atoms with Crippen LogP contribution in [0.25, 0.3) is 16.6 Å². The standard InChI is InChI=1S/C21H19ClN2O3S/c1-27-18-11-10-13(12-15(18)22)24-20(26)14-6-2-3-7-16(14)23-21(24)28-19-9-5-4-8-17(19)25/h2-3,6-7,10-12,19H,4-5,8-9H2,1H3/t19-/m1/s1. The minimum absolute atomic E-state index is 0.179. The van der Waals surface area contributed by atoms with E-state index in [9.17, 15) is 9.59 Å². The van der Waals surface area contributed by atoms with E-state index in [4.69, 9.17) is 21.3 Å². The van der Waals surface area contributed by atoms with Gasteiger partial charge in [0.15, 0.2) is 5.16 Å². The average molecular weight is 415 g/mol. The zero-order valence-electron chi connectivity index (χ0n) is 15.4. The number of benzene rings is 2. The first-order valence-electron chi connectivity index (χ1n) is 9.13. The minimum Gasteiger partial charge on any atom is -0.495 e. The molecule has 28 heavy (non-hydrogen) atoms. The third-order valence-electron chi connectivity index (χ3n) is 4.88. The Morgan fingerprint density at radius 2 is 2.00 bits per heavy atom. The van der Waals surface area contributed by atoms with Crippen LogP contribution in [0.2, 0.25) is 5.02 Å². The first kappa shape index (κ1) is 19.0. The van der Waals surface area contributed by atoms with Gasteiger partial charge in [0.25, 0.3) is 5.56 Å². The highest BCUT2D eigenvalue weighted by Gasteiger charge is 2.26. The molecule has 2 aromatic carbocycles. The molecule has 7 heteroatoms. The summed E-state index contributed by atoms with van der Waals surface area (Å²) >= 11 is 7.66. The van der Waals surface area contributed by atoms with E-state index in [1.54, 1.807) is 35.9 Å². The summed E-state index contributed by atoms with van der Waals surface area (Å²) in [6.45, 7) is 0. The first-order valence-corrected chi connectivity index (χ1v) is 10.4. The Kier molecular flexibility index (Phi) is 5.42. The molecule has 0 amide bonds. The van der Waals surface area contributed by atoms with Crippen molar-refractivity contribution in [3.05, 3.63) is 57.8 Å². The number of nitrogens with zero attached hydrogens (tertiary/aromatic N) is 2. The van der Waals surface area contributed by atoms with Crippen LogP contribution in [0.1, 0.15) is 25.7 Å². The molecule has 0 bridgehead atoms. The Morgan fingerprint density at radius 1 is 1.18 bits per heavy atom. The van der Waals surface area contributed by atoms with Crippen molar-refractivity contribution in [2.75, 3.05) is 7.11 Å². The Morgan fingerprint density at radius 3 is 2.75 bits per heavy atom. The Bertz CT molecular complexity index is 1110. The summed E-state index contributed by atoms with van der Waals surface area (Å²) in [5.41, 5.74) is 1.03. The summed E-state index contributed by atoms with van der Waals surface area (Å²) in [4.78, 5) is 30.4. The summed E-state index contributed by atoms with van der Waals surface area (Å²) in [7, 11) is 1.54. The van der Waals surface area contributed by atoms with Gasteiger partial charge in [0, 0.05) is 6.42 Å². The second-order valence-electron chi connectivity index (χ2n) is 6.69. The summed E-state index contributed by atoms with van der Waals surface area (Å²) in [6, 6.07) is 12.4. The van der Waals surface area contributed by atoms with Crippen LogP contribution < -0.4 is 10.3 Å². The first-order chi connectivity index (χ1) is 13.6. The molecule has 0 unspecified atom stereocenters. The van der Waals surface area contributed by atoms with Crippen molar-refractivity contribution in [3.63, 3.8) is 0 Å². The van der Waals surface area contributed by atoms with Gasteiger partial charge in [-0.2, -0.15) is 0 Å². The molecule has 0 N–H and O–H groups in total. The van der Waals surface area contributed by atoms with E-state index in [-0.39, 0.29) is 16.6 Å². The number of hydrogen-bond acceptors (Lipinski definition) is 5. The van der Waals surface area contributed by atoms with E-state index in [0.717, 1.165) is 19.3 Å². The van der Waals surface area contributed by atoms with Crippen LogP contribution in [0.15, 0.2) is 52.4 Å². The normalized spacial score (nSPS) is 17.1. The zero-order chi connectivity index (χ0) is 19.7. The molecule has 0 radical (unpaired) electrons. The van der Waals surface area contributed by atoms with Crippen molar-refractivity contribution in [2.45, 2.75) is 36.1 Å². The van der Waals surface area contributed by atoms with Crippen LogP contribution in [0, 0.1) is 0 Å². The number of methoxy groups -OCH3 is 1. The highest BCUT2D eigenvalue weighted by Crippen LogP contribution is 2.33. The topological polar surface area (TPSA) is 61.2 Å². The maximum absolute atomic E-state index is 13.3. The lowest BCUT2D eigenvalue weighted by Crippen LogP contribution is -2.26. The van der Waals surface area contributed by atoms with E-state index in [0.29, 0.717) is 38.9 Å². The number of ether oxygens (including phenoxy) is 1. The van der Waals surface area contributed by atoms with Crippen molar-refractivity contribution in [2.24, 2.45) is 0 Å². The smallest absolute Gasteiger partial charge is 0.266 e. The fourth-order valence-corrected chi connectivity index (χ4v) is 4.90. The van der Waals surface area contributed by atoms with Crippen molar-refractivity contribution in [1.82, 2.24) is 9.55 Å². The summed E-state index contributed by atoms with van der Waals surface area (Å²) < 4.78 is 6.76. The molecule has 3 aromatic rings. The maximum Gasteiger partial charge on any atom is 0.266 e. The summed E-state index contributed by atoms with van der Waals surface area (Å²) in [6.07, 6.45) is 3.33. The van der Waals surface area contributed by atoms with Crippen LogP contribution in [-0.2, 0) is 4.79 Å². The van der Waals surface area contributed by atoms with Gasteiger partial charge in [0.05, 0.1) is 34.0 Å². The molecule has 0 aliphatic heterocycles. The van der Waals surface area contributed by atoms with E-state index >= 15 is 0 Å². The third-order valence-corrected chi connectivity index (χ3v) is 6.45. The molecule has 5 nitrogen and oxygen atoms in total. The SMILES string of the molecule is COc1ccc(-n2c(S[C@@H]3CCCCC3=O)nc3ccccc3c2=O)cc1Cl. The molecule has 4 rings (SSSR count). The van der Waals surface area contributed by atoms with Crippen LogP contribution in [0.3, 0.4) is 0 Å². The molecule has 1 fully saturated rings. The zero-order valence-corrected chi connectivity index (χ0v) is 16.9. The van der Waals surface area contributed by atoms with Gasteiger partial charge in [0.1, 0.15) is 11.5 Å². The predicted molar refractivity (Wildman–Crippen MR) is 112 cm³/mol. The van der Waals surface area contributed by atoms with E-state index < -0.39 is 0 Å². The number of aromatic nitrogens is 2. The van der Waals surface area contributed by atoms with Gasteiger partial charge in [-0.1, -0.05) is 41.9 Å². The van der Waals surface area contributed by atoms with Crippen LogP contribution >= 0.6 is 23.4 Å². The maximum atomic E-state index is 13.3. The van der Waals surface area contributed by atoms with Gasteiger partial charge >= 0.3 is 0 Å². The molecule has 0 spiro atoms. The van der Waals surface area contributed by atoms with Crippen LogP contribution in [-0.4, -0.2) is 27.7 Å². The number of fused-ring (bicyclic) bond motifs is 1. The summed E-state index contributed by atoms with van der Waals surface area (Å²) in [5, 5.41) is 1.26. The molecule has 144 valence electrons. The van der Waals surface area contributed by atoms with Crippen molar-refractivity contribution >= 4 is 40.0 Å². The Labute approximate surface area is 171 Å². The second kappa shape index (κ2) is 7.97. The van der Waals surface area contributed by atoms with Crippen molar-refractivity contribution in [1.29, 1.82) is 0 Å². The molecule has 1 atom stereocenters. The molecule has 1 aliphatic carbocycles. The van der Waals surface area contributed by atoms with Crippen molar-refractivity contribution in [3.8, 4) is 11.4 Å². The lowest BCUT2D eigenvalue weighted by molar-refractivity contribution is -0.119. The number of halogens is 1. The van der Waals surface area contributed by atoms with E-state index in [1.165, 1.54) is 11.8 Å². The number of carbonyl (C=O) groups excluding carboxylic acids is 1. The molecule has 1 aliphatic rings. The highest BCUT2D eigenvalue weighted by atomic mass is 35.5. The minimum atomic E-state index is -0.183. The average Bonchev–Trinajstić information content (AvgIpc) is 2.70. The van der Waals surface area contributed by atoms with Crippen molar-refractivity contribution < 1.29 is 9.53 Å². The van der Waals surface area contributed by atoms with Gasteiger partial charge in [-0.05, 0) is 43.2 Å². The number of carbonyl (C=O) groups is 1. The fraction of sp³-hybridized carbons (Fsp3) is 0.286. The number of thioether (sulfide) groups is 1. The van der Waals surface area contributed by atoms with E-state index in [1.807, 2.05) is 18.2 Å². The van der Waals surface area contributed by atoms with E-state index in [2.05, 4.69) is 0 Å². The fourth-order valence-electron chi connectivity index (χ4n) is 3.42. The van der Waals surface area contributed by atoms with Gasteiger partial charge in [-0.15, -0.1) is 0 Å². The van der Waals surface area contributed by atoms with Crippen LogP contribution in [0.5, 0.6) is 5.75 Å². The number of para-hydroxylation sites is 1. The number of rotatable bonds is 4. The third kappa shape index (κ3) is 3.54. The number of Topliss-reactive ketones (excluding diaryl/α,β-unsaturated/α-hetero) is 1. The molecular formula is C21H19ClN2O3S. The van der Waals surface area contributed by atoms with Crippen LogP contribution in [0.4, 0.5) is 0 Å². The molecule has 1 aromatic heterocycles.